The molecule has 0 bridgehead atoms. The standard InChI is InChI=1S/2C7H12O2/c1-6-2-3-7(8)4-5-9-6;1-6-5-7(8)3-2-4-9-6/h2*6H,2-5H2,1H3. The van der Waals surface area contributed by atoms with E-state index in [9.17, 15) is 9.59 Å². The summed E-state index contributed by atoms with van der Waals surface area (Å²) in [5, 5.41) is 0. The summed E-state index contributed by atoms with van der Waals surface area (Å²) in [5.41, 5.74) is 0. The fraction of sp³-hybridized carbons (Fsp3) is 0.857. The van der Waals surface area contributed by atoms with Gasteiger partial charge in [0.05, 0.1) is 18.8 Å². The highest BCUT2D eigenvalue weighted by Crippen LogP contribution is 2.09. The quantitative estimate of drug-likeness (QED) is 0.667. The molecule has 4 heteroatoms. The molecule has 2 fully saturated rings. The maximum absolute atomic E-state index is 10.8. The lowest BCUT2D eigenvalue weighted by Crippen LogP contribution is -2.08. The molecule has 0 aromatic carbocycles. The predicted octanol–water partition coefficient (Wildman–Crippen LogP) is 2.29. The zero-order valence-electron chi connectivity index (χ0n) is 11.4. The fourth-order valence-electron chi connectivity index (χ4n) is 1.98. The molecule has 0 aliphatic carbocycles. The largest absolute Gasteiger partial charge is 0.378 e. The Morgan fingerprint density at radius 3 is 2.39 bits per heavy atom. The predicted molar refractivity (Wildman–Crippen MR) is 68.5 cm³/mol. The van der Waals surface area contributed by atoms with Gasteiger partial charge in [0.1, 0.15) is 11.6 Å². The minimum atomic E-state index is 0.153. The van der Waals surface area contributed by atoms with Crippen LogP contribution < -0.4 is 0 Å². The van der Waals surface area contributed by atoms with Crippen LogP contribution in [0.25, 0.3) is 0 Å². The van der Waals surface area contributed by atoms with Crippen molar-refractivity contribution in [1.29, 1.82) is 0 Å². The zero-order valence-corrected chi connectivity index (χ0v) is 11.4. The van der Waals surface area contributed by atoms with Gasteiger partial charge in [0.15, 0.2) is 0 Å². The van der Waals surface area contributed by atoms with Gasteiger partial charge in [0.2, 0.25) is 0 Å². The van der Waals surface area contributed by atoms with E-state index in [1.54, 1.807) is 0 Å². The Bertz CT molecular complexity index is 275. The van der Waals surface area contributed by atoms with Crippen LogP contribution in [0.4, 0.5) is 0 Å². The fourth-order valence-corrected chi connectivity index (χ4v) is 1.98. The van der Waals surface area contributed by atoms with Gasteiger partial charge in [-0.15, -0.1) is 0 Å². The molecule has 0 amide bonds. The van der Waals surface area contributed by atoms with Crippen LogP contribution in [-0.2, 0) is 19.1 Å². The zero-order chi connectivity index (χ0) is 13.4. The normalized spacial score (nSPS) is 29.9. The topological polar surface area (TPSA) is 52.6 Å². The summed E-state index contributed by atoms with van der Waals surface area (Å²) >= 11 is 0. The molecule has 104 valence electrons. The molecule has 2 heterocycles. The van der Waals surface area contributed by atoms with Crippen molar-refractivity contribution in [3.63, 3.8) is 0 Å². The van der Waals surface area contributed by atoms with Crippen molar-refractivity contribution in [1.82, 2.24) is 0 Å². The van der Waals surface area contributed by atoms with Crippen molar-refractivity contribution in [3.05, 3.63) is 0 Å². The smallest absolute Gasteiger partial charge is 0.135 e. The van der Waals surface area contributed by atoms with E-state index in [1.807, 2.05) is 13.8 Å². The summed E-state index contributed by atoms with van der Waals surface area (Å²) in [5.74, 6) is 0.694. The lowest BCUT2D eigenvalue weighted by atomic mass is 10.1. The van der Waals surface area contributed by atoms with Gasteiger partial charge in [-0.3, -0.25) is 9.59 Å². The van der Waals surface area contributed by atoms with Gasteiger partial charge in [-0.25, -0.2) is 0 Å². The van der Waals surface area contributed by atoms with Crippen LogP contribution in [0, 0.1) is 0 Å². The van der Waals surface area contributed by atoms with E-state index in [0.717, 1.165) is 19.4 Å². The molecular formula is C14H24O4. The average molecular weight is 256 g/mol. The van der Waals surface area contributed by atoms with Crippen LogP contribution in [0.5, 0.6) is 0 Å². The minimum absolute atomic E-state index is 0.153. The summed E-state index contributed by atoms with van der Waals surface area (Å²) < 4.78 is 10.5. The molecule has 4 nitrogen and oxygen atoms in total. The molecule has 0 N–H and O–H groups in total. The Balaban J connectivity index is 0.000000180. The van der Waals surface area contributed by atoms with E-state index in [4.69, 9.17) is 9.47 Å². The molecule has 2 rings (SSSR count). The molecule has 2 aliphatic heterocycles. The third-order valence-corrected chi connectivity index (χ3v) is 3.13. The van der Waals surface area contributed by atoms with Gasteiger partial charge in [0, 0.05) is 32.3 Å². The first-order valence-electron chi connectivity index (χ1n) is 6.84. The molecule has 2 unspecified atom stereocenters. The summed E-state index contributed by atoms with van der Waals surface area (Å²) in [7, 11) is 0. The molecule has 0 radical (unpaired) electrons. The lowest BCUT2D eigenvalue weighted by molar-refractivity contribution is -0.120. The maximum atomic E-state index is 10.8. The molecule has 2 saturated heterocycles. The van der Waals surface area contributed by atoms with E-state index < -0.39 is 0 Å². The number of carbonyl (C=O) groups is 2. The first-order chi connectivity index (χ1) is 8.58. The Morgan fingerprint density at radius 2 is 1.61 bits per heavy atom. The highest BCUT2D eigenvalue weighted by molar-refractivity contribution is 5.79. The van der Waals surface area contributed by atoms with Crippen molar-refractivity contribution in [3.8, 4) is 0 Å². The molecule has 2 atom stereocenters. The van der Waals surface area contributed by atoms with Gasteiger partial charge in [-0.1, -0.05) is 0 Å². The van der Waals surface area contributed by atoms with Crippen LogP contribution >= 0.6 is 0 Å². The van der Waals surface area contributed by atoms with Gasteiger partial charge >= 0.3 is 0 Å². The first-order valence-corrected chi connectivity index (χ1v) is 6.84. The lowest BCUT2D eigenvalue weighted by Gasteiger charge is -2.05. The maximum Gasteiger partial charge on any atom is 0.135 e. The van der Waals surface area contributed by atoms with E-state index >= 15 is 0 Å². The average Bonchev–Trinajstić information content (AvgIpc) is 2.61. The molecule has 0 aromatic rings. The van der Waals surface area contributed by atoms with Crippen LogP contribution in [0.2, 0.25) is 0 Å². The van der Waals surface area contributed by atoms with E-state index in [0.29, 0.717) is 43.9 Å². The number of ketones is 2. The number of Topliss-reactive ketones (excluding diaryl/α,β-unsaturated/α-hetero) is 2. The number of ether oxygens (including phenoxy) is 2. The van der Waals surface area contributed by atoms with Gasteiger partial charge < -0.3 is 9.47 Å². The molecule has 0 spiro atoms. The highest BCUT2D eigenvalue weighted by Gasteiger charge is 2.13. The van der Waals surface area contributed by atoms with Gasteiger partial charge in [0.25, 0.3) is 0 Å². The van der Waals surface area contributed by atoms with Crippen LogP contribution in [0.1, 0.15) is 52.4 Å². The van der Waals surface area contributed by atoms with Crippen molar-refractivity contribution in [2.75, 3.05) is 13.2 Å². The van der Waals surface area contributed by atoms with Gasteiger partial charge in [-0.05, 0) is 26.7 Å². The number of hydrogen-bond donors (Lipinski definition) is 0. The second kappa shape index (κ2) is 8.38. The van der Waals surface area contributed by atoms with Gasteiger partial charge in [-0.2, -0.15) is 0 Å². The molecule has 0 saturated carbocycles. The van der Waals surface area contributed by atoms with Crippen LogP contribution in [0.15, 0.2) is 0 Å². The molecular weight excluding hydrogens is 232 g/mol. The minimum Gasteiger partial charge on any atom is -0.378 e. The summed E-state index contributed by atoms with van der Waals surface area (Å²) in [6, 6.07) is 0. The van der Waals surface area contributed by atoms with Crippen molar-refractivity contribution < 1.29 is 19.1 Å². The third-order valence-electron chi connectivity index (χ3n) is 3.13. The van der Waals surface area contributed by atoms with E-state index in [2.05, 4.69) is 0 Å². The summed E-state index contributed by atoms with van der Waals surface area (Å²) in [6.45, 7) is 5.34. The van der Waals surface area contributed by atoms with Crippen LogP contribution in [0.3, 0.4) is 0 Å². The third kappa shape index (κ3) is 6.87. The SMILES string of the molecule is CC1CC(=O)CCCO1.CC1CCC(=O)CCO1. The Labute approximate surface area is 109 Å². The van der Waals surface area contributed by atoms with E-state index in [1.165, 1.54) is 0 Å². The number of carbonyl (C=O) groups excluding carboxylic acids is 2. The monoisotopic (exact) mass is 256 g/mol. The second-order valence-electron chi connectivity index (χ2n) is 5.04. The highest BCUT2D eigenvalue weighted by atomic mass is 16.5. The van der Waals surface area contributed by atoms with Crippen molar-refractivity contribution >= 4 is 11.6 Å². The number of hydrogen-bond acceptors (Lipinski definition) is 4. The summed E-state index contributed by atoms with van der Waals surface area (Å²) in [6.07, 6.45) is 4.90. The molecule has 18 heavy (non-hydrogen) atoms. The second-order valence-corrected chi connectivity index (χ2v) is 5.04. The Kier molecular flexibility index (Phi) is 7.13. The Hall–Kier alpha value is -0.740. The summed E-state index contributed by atoms with van der Waals surface area (Å²) in [4.78, 5) is 21.6. The first kappa shape index (κ1) is 15.3. The van der Waals surface area contributed by atoms with Crippen molar-refractivity contribution in [2.24, 2.45) is 0 Å². The molecule has 2 aliphatic rings. The molecule has 0 aromatic heterocycles. The number of rotatable bonds is 0. The van der Waals surface area contributed by atoms with Crippen LogP contribution in [-0.4, -0.2) is 37.0 Å². The van der Waals surface area contributed by atoms with E-state index in [-0.39, 0.29) is 12.2 Å². The Morgan fingerprint density at radius 1 is 0.889 bits per heavy atom. The van der Waals surface area contributed by atoms with Crippen molar-refractivity contribution in [2.45, 2.75) is 64.6 Å².